The normalized spacial score (nSPS) is 10.2. The molecular formula is C10H12ClFO. The van der Waals surface area contributed by atoms with Gasteiger partial charge in [0.2, 0.25) is 0 Å². The first-order valence-corrected chi connectivity index (χ1v) is 4.61. The quantitative estimate of drug-likeness (QED) is 0.685. The molecule has 0 saturated heterocycles. The zero-order valence-corrected chi connectivity index (χ0v) is 8.49. The fraction of sp³-hybridized carbons (Fsp3) is 0.400. The van der Waals surface area contributed by atoms with Crippen molar-refractivity contribution in [3.8, 4) is 5.75 Å². The van der Waals surface area contributed by atoms with E-state index in [1.165, 1.54) is 13.2 Å². The molecule has 0 aliphatic rings. The first-order valence-electron chi connectivity index (χ1n) is 4.08. The molecule has 0 fully saturated rings. The van der Waals surface area contributed by atoms with Crippen LogP contribution in [0.2, 0.25) is 0 Å². The molecule has 1 aromatic carbocycles. The van der Waals surface area contributed by atoms with Crippen LogP contribution in [0.5, 0.6) is 5.75 Å². The van der Waals surface area contributed by atoms with Gasteiger partial charge in [0, 0.05) is 5.88 Å². The van der Waals surface area contributed by atoms with Crippen LogP contribution in [-0.4, -0.2) is 13.0 Å². The van der Waals surface area contributed by atoms with Crippen LogP contribution in [-0.2, 0) is 6.42 Å². The van der Waals surface area contributed by atoms with Crippen LogP contribution in [0.4, 0.5) is 4.39 Å². The molecule has 0 N–H and O–H groups in total. The van der Waals surface area contributed by atoms with E-state index in [1.54, 1.807) is 6.07 Å². The van der Waals surface area contributed by atoms with E-state index in [4.69, 9.17) is 16.3 Å². The maximum atomic E-state index is 13.2. The van der Waals surface area contributed by atoms with Gasteiger partial charge in [0.1, 0.15) is 0 Å². The molecule has 0 aliphatic heterocycles. The van der Waals surface area contributed by atoms with E-state index in [9.17, 15) is 4.39 Å². The summed E-state index contributed by atoms with van der Waals surface area (Å²) in [5.41, 5.74) is 1.95. The maximum Gasteiger partial charge on any atom is 0.165 e. The first kappa shape index (κ1) is 10.3. The molecule has 0 aliphatic carbocycles. The molecule has 1 aromatic rings. The highest BCUT2D eigenvalue weighted by Gasteiger charge is 2.06. The van der Waals surface area contributed by atoms with Gasteiger partial charge in [0.15, 0.2) is 11.6 Å². The smallest absolute Gasteiger partial charge is 0.165 e. The summed E-state index contributed by atoms with van der Waals surface area (Å²) in [7, 11) is 1.46. The molecule has 0 heterocycles. The third-order valence-corrected chi connectivity index (χ3v) is 2.16. The molecule has 0 amide bonds. The van der Waals surface area contributed by atoms with Gasteiger partial charge in [-0.15, -0.1) is 11.6 Å². The second kappa shape index (κ2) is 4.47. The van der Waals surface area contributed by atoms with Crippen molar-refractivity contribution in [2.45, 2.75) is 13.3 Å². The number of rotatable bonds is 3. The Kier molecular flexibility index (Phi) is 3.55. The number of hydrogen-bond acceptors (Lipinski definition) is 1. The van der Waals surface area contributed by atoms with Gasteiger partial charge in [0.05, 0.1) is 7.11 Å². The summed E-state index contributed by atoms with van der Waals surface area (Å²) < 4.78 is 18.0. The summed E-state index contributed by atoms with van der Waals surface area (Å²) in [4.78, 5) is 0. The van der Waals surface area contributed by atoms with Gasteiger partial charge in [-0.05, 0) is 36.6 Å². The molecule has 0 atom stereocenters. The average Bonchev–Trinajstić information content (AvgIpc) is 2.11. The largest absolute Gasteiger partial charge is 0.494 e. The number of alkyl halides is 1. The van der Waals surface area contributed by atoms with Crippen LogP contribution in [0, 0.1) is 12.7 Å². The van der Waals surface area contributed by atoms with Crippen LogP contribution >= 0.6 is 11.6 Å². The van der Waals surface area contributed by atoms with Crippen molar-refractivity contribution in [2.24, 2.45) is 0 Å². The Bertz CT molecular complexity index is 299. The van der Waals surface area contributed by atoms with Gasteiger partial charge in [-0.2, -0.15) is 0 Å². The zero-order valence-electron chi connectivity index (χ0n) is 7.73. The monoisotopic (exact) mass is 202 g/mol. The molecular weight excluding hydrogens is 191 g/mol. The number of ether oxygens (including phenoxy) is 1. The summed E-state index contributed by atoms with van der Waals surface area (Å²) in [6, 6.07) is 3.17. The first-order chi connectivity index (χ1) is 6.19. The molecule has 0 aromatic heterocycles. The molecule has 0 saturated carbocycles. The van der Waals surface area contributed by atoms with E-state index in [1.807, 2.05) is 6.92 Å². The highest BCUT2D eigenvalue weighted by Crippen LogP contribution is 2.22. The molecule has 0 radical (unpaired) electrons. The van der Waals surface area contributed by atoms with Crippen LogP contribution in [0.3, 0.4) is 0 Å². The van der Waals surface area contributed by atoms with E-state index in [0.29, 0.717) is 12.3 Å². The Balaban J connectivity index is 3.05. The Morgan fingerprint density at radius 3 is 2.69 bits per heavy atom. The summed E-state index contributed by atoms with van der Waals surface area (Å²) in [6.45, 7) is 1.92. The lowest BCUT2D eigenvalue weighted by Gasteiger charge is -2.07. The van der Waals surface area contributed by atoms with Crippen molar-refractivity contribution in [1.82, 2.24) is 0 Å². The number of halogens is 2. The standard InChI is InChI=1S/C10H12ClFO/c1-7-5-10(13-2)9(12)6-8(7)3-4-11/h5-6H,3-4H2,1-2H3. The van der Waals surface area contributed by atoms with Crippen LogP contribution in [0.15, 0.2) is 12.1 Å². The number of methoxy groups -OCH3 is 1. The number of aryl methyl sites for hydroxylation is 2. The van der Waals surface area contributed by atoms with Crippen LogP contribution < -0.4 is 4.74 Å². The minimum atomic E-state index is -0.326. The Morgan fingerprint density at radius 1 is 1.46 bits per heavy atom. The molecule has 1 rings (SSSR count). The van der Waals surface area contributed by atoms with E-state index in [-0.39, 0.29) is 11.6 Å². The van der Waals surface area contributed by atoms with Gasteiger partial charge in [-0.3, -0.25) is 0 Å². The van der Waals surface area contributed by atoms with Crippen molar-refractivity contribution in [3.63, 3.8) is 0 Å². The Morgan fingerprint density at radius 2 is 2.15 bits per heavy atom. The fourth-order valence-corrected chi connectivity index (χ4v) is 1.43. The van der Waals surface area contributed by atoms with Crippen molar-refractivity contribution in [1.29, 1.82) is 0 Å². The topological polar surface area (TPSA) is 9.23 Å². The Hall–Kier alpha value is -0.760. The van der Waals surface area contributed by atoms with E-state index in [2.05, 4.69) is 0 Å². The van der Waals surface area contributed by atoms with E-state index >= 15 is 0 Å². The lowest BCUT2D eigenvalue weighted by molar-refractivity contribution is 0.386. The minimum absolute atomic E-state index is 0.288. The van der Waals surface area contributed by atoms with Crippen molar-refractivity contribution in [2.75, 3.05) is 13.0 Å². The molecule has 0 bridgehead atoms. The zero-order chi connectivity index (χ0) is 9.84. The SMILES string of the molecule is COc1cc(C)c(CCCl)cc1F. The molecule has 13 heavy (non-hydrogen) atoms. The summed E-state index contributed by atoms with van der Waals surface area (Å²) >= 11 is 5.58. The van der Waals surface area contributed by atoms with Crippen molar-refractivity contribution < 1.29 is 9.13 Å². The number of benzene rings is 1. The molecule has 0 spiro atoms. The van der Waals surface area contributed by atoms with Crippen molar-refractivity contribution in [3.05, 3.63) is 29.1 Å². The maximum absolute atomic E-state index is 13.2. The molecule has 72 valence electrons. The van der Waals surface area contributed by atoms with Crippen LogP contribution in [0.1, 0.15) is 11.1 Å². The average molecular weight is 203 g/mol. The summed E-state index contributed by atoms with van der Waals surface area (Å²) in [5.74, 6) is 0.469. The van der Waals surface area contributed by atoms with Crippen molar-refractivity contribution >= 4 is 11.6 Å². The predicted molar refractivity (Wildman–Crippen MR) is 52.1 cm³/mol. The third kappa shape index (κ3) is 2.34. The predicted octanol–water partition coefficient (Wildman–Crippen LogP) is 2.92. The van der Waals surface area contributed by atoms with E-state index < -0.39 is 0 Å². The van der Waals surface area contributed by atoms with Gasteiger partial charge < -0.3 is 4.74 Å². The third-order valence-electron chi connectivity index (χ3n) is 1.97. The molecule has 1 nitrogen and oxygen atoms in total. The molecule has 0 unspecified atom stereocenters. The highest BCUT2D eigenvalue weighted by molar-refractivity contribution is 6.18. The Labute approximate surface area is 82.5 Å². The van der Waals surface area contributed by atoms with E-state index in [0.717, 1.165) is 11.1 Å². The van der Waals surface area contributed by atoms with Crippen LogP contribution in [0.25, 0.3) is 0 Å². The second-order valence-electron chi connectivity index (χ2n) is 2.85. The summed E-state index contributed by atoms with van der Waals surface area (Å²) in [5, 5.41) is 0. The second-order valence-corrected chi connectivity index (χ2v) is 3.23. The van der Waals surface area contributed by atoms with Gasteiger partial charge in [-0.1, -0.05) is 0 Å². The highest BCUT2D eigenvalue weighted by atomic mass is 35.5. The van der Waals surface area contributed by atoms with Gasteiger partial charge >= 0.3 is 0 Å². The molecule has 3 heteroatoms. The summed E-state index contributed by atoms with van der Waals surface area (Å²) in [6.07, 6.45) is 0.689. The number of hydrogen-bond donors (Lipinski definition) is 0. The van der Waals surface area contributed by atoms with Gasteiger partial charge in [-0.25, -0.2) is 4.39 Å². The lowest BCUT2D eigenvalue weighted by Crippen LogP contribution is -1.95. The lowest BCUT2D eigenvalue weighted by atomic mass is 10.1. The fourth-order valence-electron chi connectivity index (χ4n) is 1.22. The minimum Gasteiger partial charge on any atom is -0.494 e. The van der Waals surface area contributed by atoms with Gasteiger partial charge in [0.25, 0.3) is 0 Å².